The van der Waals surface area contributed by atoms with Gasteiger partial charge in [-0.15, -0.1) is 0 Å². The molecule has 192 valence electrons. The molecule has 35 heavy (non-hydrogen) atoms. The Morgan fingerprint density at radius 2 is 2.00 bits per heavy atom. The molecule has 1 aromatic carbocycles. The van der Waals surface area contributed by atoms with E-state index >= 15 is 0 Å². The molecule has 3 atom stereocenters. The summed E-state index contributed by atoms with van der Waals surface area (Å²) in [7, 11) is 0. The summed E-state index contributed by atoms with van der Waals surface area (Å²) >= 11 is 0. The van der Waals surface area contributed by atoms with Crippen molar-refractivity contribution in [3.8, 4) is 5.69 Å². The zero-order chi connectivity index (χ0) is 25.8. The average Bonchev–Trinajstić information content (AvgIpc) is 3.39. The van der Waals surface area contributed by atoms with Crippen molar-refractivity contribution < 1.29 is 24.2 Å². The number of ether oxygens (including phenoxy) is 2. The molecule has 0 saturated carbocycles. The number of rotatable bonds is 8. The van der Waals surface area contributed by atoms with Gasteiger partial charge in [0.1, 0.15) is 5.60 Å². The zero-order valence-electron chi connectivity index (χ0n) is 21.6. The van der Waals surface area contributed by atoms with Gasteiger partial charge in [-0.05, 0) is 71.7 Å². The Morgan fingerprint density at radius 3 is 2.63 bits per heavy atom. The van der Waals surface area contributed by atoms with E-state index in [1.807, 2.05) is 76.6 Å². The molecule has 1 aliphatic rings. The monoisotopic (exact) mass is 486 g/mol. The van der Waals surface area contributed by atoms with Gasteiger partial charge in [-0.2, -0.15) is 5.10 Å². The Labute approximate surface area is 207 Å². The number of aliphatic hydroxyl groups is 1. The molecule has 2 aromatic rings. The molecule has 1 saturated heterocycles. The number of carbonyl (C=O) groups is 2. The average molecular weight is 487 g/mol. The van der Waals surface area contributed by atoms with Crippen LogP contribution >= 0.6 is 0 Å². The maximum atomic E-state index is 13.2. The molecule has 1 aliphatic heterocycles. The molecule has 3 unspecified atom stereocenters. The van der Waals surface area contributed by atoms with Crippen molar-refractivity contribution in [1.82, 2.24) is 20.0 Å². The topological polar surface area (TPSA) is 106 Å². The second-order valence-electron chi connectivity index (χ2n) is 10.1. The van der Waals surface area contributed by atoms with E-state index in [0.717, 1.165) is 22.6 Å². The highest BCUT2D eigenvalue weighted by atomic mass is 16.6. The number of aromatic nitrogens is 2. The smallest absolute Gasteiger partial charge is 0.410 e. The number of carbonyl (C=O) groups excluding carboxylic acids is 2. The predicted molar refractivity (Wildman–Crippen MR) is 132 cm³/mol. The number of amides is 2. The van der Waals surface area contributed by atoms with E-state index in [-0.39, 0.29) is 18.2 Å². The SMILES string of the molecule is CCOC(O)CC(NC(=O)C1CCN(C(=O)OC(C)(C)C)C1)c1cccc(-n2nc(C)cc2C)c1. The number of hydrogen-bond acceptors (Lipinski definition) is 6. The molecule has 3 rings (SSSR count). The van der Waals surface area contributed by atoms with Crippen LogP contribution in [0.3, 0.4) is 0 Å². The third kappa shape index (κ3) is 7.29. The first-order chi connectivity index (χ1) is 16.5. The van der Waals surface area contributed by atoms with E-state index in [0.29, 0.717) is 26.1 Å². The zero-order valence-corrected chi connectivity index (χ0v) is 21.6. The van der Waals surface area contributed by atoms with Crippen molar-refractivity contribution in [1.29, 1.82) is 0 Å². The van der Waals surface area contributed by atoms with Crippen LogP contribution in [0, 0.1) is 19.8 Å². The molecule has 1 fully saturated rings. The summed E-state index contributed by atoms with van der Waals surface area (Å²) in [4.78, 5) is 27.2. The normalized spacial score (nSPS) is 17.8. The number of likely N-dealkylation sites (tertiary alicyclic amines) is 1. The highest BCUT2D eigenvalue weighted by molar-refractivity contribution is 5.81. The van der Waals surface area contributed by atoms with Crippen LogP contribution < -0.4 is 5.32 Å². The van der Waals surface area contributed by atoms with Crippen molar-refractivity contribution in [2.45, 2.75) is 72.3 Å². The first-order valence-electron chi connectivity index (χ1n) is 12.2. The fourth-order valence-corrected chi connectivity index (χ4v) is 4.26. The van der Waals surface area contributed by atoms with Crippen LogP contribution in [0.5, 0.6) is 0 Å². The molecular weight excluding hydrogens is 448 g/mol. The highest BCUT2D eigenvalue weighted by Crippen LogP contribution is 2.25. The standard InChI is InChI=1S/C26H38N4O5/c1-7-34-23(31)15-22(19-9-8-10-21(14-19)30-18(3)13-17(2)28-30)27-24(32)20-11-12-29(16-20)25(33)35-26(4,5)6/h8-10,13-14,20,22-23,31H,7,11-12,15-16H2,1-6H3,(H,27,32). The summed E-state index contributed by atoms with van der Waals surface area (Å²) < 4.78 is 12.6. The molecule has 2 heterocycles. The van der Waals surface area contributed by atoms with Crippen molar-refractivity contribution in [2.75, 3.05) is 19.7 Å². The predicted octanol–water partition coefficient (Wildman–Crippen LogP) is 3.65. The minimum Gasteiger partial charge on any atom is -0.444 e. The highest BCUT2D eigenvalue weighted by Gasteiger charge is 2.34. The van der Waals surface area contributed by atoms with Gasteiger partial charge in [0.25, 0.3) is 0 Å². The summed E-state index contributed by atoms with van der Waals surface area (Å²) in [5, 5.41) is 18.0. The van der Waals surface area contributed by atoms with E-state index < -0.39 is 24.0 Å². The third-order valence-corrected chi connectivity index (χ3v) is 5.85. The minimum absolute atomic E-state index is 0.165. The van der Waals surface area contributed by atoms with Crippen molar-refractivity contribution in [3.63, 3.8) is 0 Å². The Balaban J connectivity index is 1.76. The second-order valence-corrected chi connectivity index (χ2v) is 10.1. The lowest BCUT2D eigenvalue weighted by Gasteiger charge is -2.25. The van der Waals surface area contributed by atoms with Crippen LogP contribution in [0.2, 0.25) is 0 Å². The summed E-state index contributed by atoms with van der Waals surface area (Å²) in [6.07, 6.45) is -0.682. The quantitative estimate of drug-likeness (QED) is 0.552. The van der Waals surface area contributed by atoms with Gasteiger partial charge in [-0.1, -0.05) is 12.1 Å². The largest absolute Gasteiger partial charge is 0.444 e. The van der Waals surface area contributed by atoms with Crippen LogP contribution in [-0.2, 0) is 14.3 Å². The first kappa shape index (κ1) is 26.7. The van der Waals surface area contributed by atoms with Gasteiger partial charge in [0.2, 0.25) is 5.91 Å². The van der Waals surface area contributed by atoms with Gasteiger partial charge in [0.05, 0.1) is 23.3 Å². The molecule has 2 N–H and O–H groups in total. The first-order valence-corrected chi connectivity index (χ1v) is 12.2. The number of aliphatic hydroxyl groups excluding tert-OH is 1. The Kier molecular flexibility index (Phi) is 8.56. The van der Waals surface area contributed by atoms with Crippen LogP contribution in [0.25, 0.3) is 5.69 Å². The van der Waals surface area contributed by atoms with E-state index in [4.69, 9.17) is 9.47 Å². The molecule has 9 nitrogen and oxygen atoms in total. The molecule has 9 heteroatoms. The van der Waals surface area contributed by atoms with Gasteiger partial charge in [-0.3, -0.25) is 4.79 Å². The molecule has 2 amide bonds. The summed E-state index contributed by atoms with van der Waals surface area (Å²) in [6, 6.07) is 9.27. The summed E-state index contributed by atoms with van der Waals surface area (Å²) in [5.74, 6) is -0.519. The van der Waals surface area contributed by atoms with Gasteiger partial charge < -0.3 is 24.8 Å². The fourth-order valence-electron chi connectivity index (χ4n) is 4.26. The molecule has 0 spiro atoms. The van der Waals surface area contributed by atoms with E-state index in [2.05, 4.69) is 10.4 Å². The van der Waals surface area contributed by atoms with Crippen molar-refractivity contribution in [3.05, 3.63) is 47.3 Å². The van der Waals surface area contributed by atoms with Crippen LogP contribution in [-0.4, -0.2) is 63.4 Å². The minimum atomic E-state index is -1.02. The number of benzene rings is 1. The lowest BCUT2D eigenvalue weighted by molar-refractivity contribution is -0.127. The van der Waals surface area contributed by atoms with Gasteiger partial charge in [-0.25, -0.2) is 9.48 Å². The Bertz CT molecular complexity index is 1030. The molecule has 0 bridgehead atoms. The number of nitrogens with zero attached hydrogens (tertiary/aromatic N) is 3. The number of aryl methyl sites for hydroxylation is 2. The van der Waals surface area contributed by atoms with E-state index in [1.165, 1.54) is 0 Å². The Hall–Kier alpha value is -2.91. The lowest BCUT2D eigenvalue weighted by Crippen LogP contribution is -2.39. The van der Waals surface area contributed by atoms with Gasteiger partial charge in [0.15, 0.2) is 6.29 Å². The lowest BCUT2D eigenvalue weighted by atomic mass is 10.0. The fraction of sp³-hybridized carbons (Fsp3) is 0.577. The molecule has 0 radical (unpaired) electrons. The van der Waals surface area contributed by atoms with Crippen LogP contribution in [0.1, 0.15) is 63.5 Å². The van der Waals surface area contributed by atoms with Crippen LogP contribution in [0.4, 0.5) is 4.79 Å². The second kappa shape index (κ2) is 11.2. The summed E-state index contributed by atoms with van der Waals surface area (Å²) in [5.41, 5.74) is 3.04. The van der Waals surface area contributed by atoms with Gasteiger partial charge in [0, 0.05) is 31.8 Å². The van der Waals surface area contributed by atoms with Crippen LogP contribution in [0.15, 0.2) is 30.3 Å². The maximum Gasteiger partial charge on any atom is 0.410 e. The number of hydrogen-bond donors (Lipinski definition) is 2. The van der Waals surface area contributed by atoms with Crippen molar-refractivity contribution in [2.24, 2.45) is 5.92 Å². The number of nitrogens with one attached hydrogen (secondary N) is 1. The third-order valence-electron chi connectivity index (χ3n) is 5.85. The van der Waals surface area contributed by atoms with Gasteiger partial charge >= 0.3 is 6.09 Å². The maximum absolute atomic E-state index is 13.2. The summed E-state index contributed by atoms with van der Waals surface area (Å²) in [6.45, 7) is 12.3. The van der Waals surface area contributed by atoms with E-state index in [9.17, 15) is 14.7 Å². The molecule has 1 aromatic heterocycles. The van der Waals surface area contributed by atoms with E-state index in [1.54, 1.807) is 4.90 Å². The Morgan fingerprint density at radius 1 is 1.26 bits per heavy atom. The van der Waals surface area contributed by atoms with Crippen molar-refractivity contribution >= 4 is 12.0 Å². The molecular formula is C26H38N4O5. The molecule has 0 aliphatic carbocycles.